The second-order valence-electron chi connectivity index (χ2n) is 3.56. The Balaban J connectivity index is 0.00000112. The summed E-state index contributed by atoms with van der Waals surface area (Å²) < 4.78 is 18.4. The molecule has 0 unspecified atom stereocenters. The van der Waals surface area contributed by atoms with Gasteiger partial charge in [-0.25, -0.2) is 4.39 Å². The molecule has 84 valence electrons. The molecule has 0 aliphatic carbocycles. The second-order valence-corrected chi connectivity index (χ2v) is 3.56. The van der Waals surface area contributed by atoms with Crippen molar-refractivity contribution in [3.8, 4) is 0 Å². The fourth-order valence-corrected chi connectivity index (χ4v) is 1.61. The Hall–Kier alpha value is -0.640. The molecule has 1 aliphatic rings. The molecule has 1 N–H and O–H groups in total. The molecule has 0 aromatic heterocycles. The lowest BCUT2D eigenvalue weighted by Crippen LogP contribution is -2.16. The van der Waals surface area contributed by atoms with Gasteiger partial charge in [0.15, 0.2) is 0 Å². The smallest absolute Gasteiger partial charge is 0.123 e. The maximum atomic E-state index is 12.8. The molecule has 1 heterocycles. The average Bonchev–Trinajstić information content (AvgIpc) is 2.67. The van der Waals surface area contributed by atoms with Crippen LogP contribution in [0.25, 0.3) is 0 Å². The lowest BCUT2D eigenvalue weighted by atomic mass is 10.2. The van der Waals surface area contributed by atoms with Gasteiger partial charge in [0.2, 0.25) is 0 Å². The van der Waals surface area contributed by atoms with Crippen molar-refractivity contribution in [3.63, 3.8) is 0 Å². The summed E-state index contributed by atoms with van der Waals surface area (Å²) in [5.41, 5.74) is 0.900. The maximum absolute atomic E-state index is 12.8. The summed E-state index contributed by atoms with van der Waals surface area (Å²) in [5.74, 6) is -0.198. The van der Waals surface area contributed by atoms with Gasteiger partial charge in [-0.15, -0.1) is 12.4 Å². The van der Waals surface area contributed by atoms with Gasteiger partial charge in [0.05, 0.1) is 12.7 Å². The van der Waals surface area contributed by atoms with E-state index in [9.17, 15) is 4.39 Å². The zero-order chi connectivity index (χ0) is 9.80. The van der Waals surface area contributed by atoms with Crippen LogP contribution in [0.15, 0.2) is 24.3 Å². The zero-order valence-electron chi connectivity index (χ0n) is 8.41. The number of hydrogen-bond donors (Lipinski definition) is 1. The zero-order valence-corrected chi connectivity index (χ0v) is 9.23. The molecule has 0 spiro atoms. The van der Waals surface area contributed by atoms with Crippen molar-refractivity contribution in [3.05, 3.63) is 35.6 Å². The molecule has 1 atom stereocenters. The van der Waals surface area contributed by atoms with E-state index in [-0.39, 0.29) is 18.2 Å². The molecule has 0 amide bonds. The third-order valence-electron chi connectivity index (χ3n) is 2.39. The Bertz CT molecular complexity index is 302. The summed E-state index contributed by atoms with van der Waals surface area (Å²) in [5, 5.41) is 3.22. The van der Waals surface area contributed by atoms with Crippen LogP contribution < -0.4 is 5.32 Å². The Morgan fingerprint density at radius 1 is 1.47 bits per heavy atom. The van der Waals surface area contributed by atoms with Crippen LogP contribution in [-0.4, -0.2) is 19.2 Å². The van der Waals surface area contributed by atoms with Crippen molar-refractivity contribution in [2.45, 2.75) is 19.1 Å². The Labute approximate surface area is 95.2 Å². The van der Waals surface area contributed by atoms with Crippen LogP contribution in [-0.2, 0) is 11.3 Å². The minimum Gasteiger partial charge on any atom is -0.372 e. The fourth-order valence-electron chi connectivity index (χ4n) is 1.61. The van der Waals surface area contributed by atoms with Crippen molar-refractivity contribution >= 4 is 12.4 Å². The molecular formula is C11H15ClFNO. The van der Waals surface area contributed by atoms with Crippen molar-refractivity contribution in [2.75, 3.05) is 13.1 Å². The highest BCUT2D eigenvalue weighted by molar-refractivity contribution is 5.85. The summed E-state index contributed by atoms with van der Waals surface area (Å²) in [7, 11) is 0. The largest absolute Gasteiger partial charge is 0.372 e. The van der Waals surface area contributed by atoms with E-state index in [1.807, 2.05) is 6.07 Å². The predicted octanol–water partition coefficient (Wildman–Crippen LogP) is 2.13. The van der Waals surface area contributed by atoms with Gasteiger partial charge in [0.25, 0.3) is 0 Å². The average molecular weight is 232 g/mol. The van der Waals surface area contributed by atoms with Crippen molar-refractivity contribution in [1.82, 2.24) is 5.32 Å². The number of nitrogens with one attached hydrogen (secondary N) is 1. The molecule has 15 heavy (non-hydrogen) atoms. The predicted molar refractivity (Wildman–Crippen MR) is 59.7 cm³/mol. The van der Waals surface area contributed by atoms with Gasteiger partial charge >= 0.3 is 0 Å². The number of halogens is 2. The van der Waals surface area contributed by atoms with Crippen LogP contribution in [0, 0.1) is 5.82 Å². The number of hydrogen-bond acceptors (Lipinski definition) is 2. The van der Waals surface area contributed by atoms with E-state index in [1.165, 1.54) is 12.1 Å². The van der Waals surface area contributed by atoms with Crippen LogP contribution in [0.2, 0.25) is 0 Å². The quantitative estimate of drug-likeness (QED) is 0.861. The molecule has 0 saturated carbocycles. The van der Waals surface area contributed by atoms with Crippen LogP contribution in [0.4, 0.5) is 4.39 Å². The van der Waals surface area contributed by atoms with Crippen LogP contribution in [0.3, 0.4) is 0 Å². The van der Waals surface area contributed by atoms with Gasteiger partial charge in [-0.3, -0.25) is 0 Å². The number of rotatable bonds is 3. The molecule has 1 aromatic rings. The van der Waals surface area contributed by atoms with E-state index in [2.05, 4.69) is 5.32 Å². The molecule has 1 fully saturated rings. The van der Waals surface area contributed by atoms with Crippen molar-refractivity contribution in [2.24, 2.45) is 0 Å². The van der Waals surface area contributed by atoms with Gasteiger partial charge in [-0.1, -0.05) is 12.1 Å². The van der Waals surface area contributed by atoms with Crippen LogP contribution >= 0.6 is 12.4 Å². The maximum Gasteiger partial charge on any atom is 0.123 e. The van der Waals surface area contributed by atoms with E-state index in [0.29, 0.717) is 12.7 Å². The minimum absolute atomic E-state index is 0. The van der Waals surface area contributed by atoms with Gasteiger partial charge in [0, 0.05) is 6.54 Å². The highest BCUT2D eigenvalue weighted by Gasteiger charge is 2.14. The molecule has 1 aromatic carbocycles. The Morgan fingerprint density at radius 2 is 2.33 bits per heavy atom. The van der Waals surface area contributed by atoms with Crippen molar-refractivity contribution in [1.29, 1.82) is 0 Å². The lowest BCUT2D eigenvalue weighted by molar-refractivity contribution is 0.0541. The summed E-state index contributed by atoms with van der Waals surface area (Å²) in [6.07, 6.45) is 1.34. The van der Waals surface area contributed by atoms with Gasteiger partial charge < -0.3 is 10.1 Å². The molecule has 0 radical (unpaired) electrons. The molecule has 0 bridgehead atoms. The molecule has 1 saturated heterocycles. The molecule has 2 rings (SSSR count). The summed E-state index contributed by atoms with van der Waals surface area (Å²) in [6, 6.07) is 6.55. The van der Waals surface area contributed by atoms with E-state index in [4.69, 9.17) is 4.74 Å². The highest BCUT2D eigenvalue weighted by Crippen LogP contribution is 2.09. The number of ether oxygens (including phenoxy) is 1. The normalized spacial score (nSPS) is 19.9. The number of benzene rings is 1. The summed E-state index contributed by atoms with van der Waals surface area (Å²) in [6.45, 7) is 2.44. The topological polar surface area (TPSA) is 21.3 Å². The van der Waals surface area contributed by atoms with E-state index in [1.54, 1.807) is 6.07 Å². The van der Waals surface area contributed by atoms with Gasteiger partial charge in [0.1, 0.15) is 5.82 Å². The Kier molecular flexibility index (Phi) is 5.02. The lowest BCUT2D eigenvalue weighted by Gasteiger charge is -2.10. The van der Waals surface area contributed by atoms with Crippen LogP contribution in [0.1, 0.15) is 12.0 Å². The molecular weight excluding hydrogens is 217 g/mol. The van der Waals surface area contributed by atoms with E-state index < -0.39 is 0 Å². The molecule has 4 heteroatoms. The monoisotopic (exact) mass is 231 g/mol. The summed E-state index contributed by atoms with van der Waals surface area (Å²) >= 11 is 0. The third kappa shape index (κ3) is 3.78. The van der Waals surface area contributed by atoms with E-state index >= 15 is 0 Å². The highest BCUT2D eigenvalue weighted by atomic mass is 35.5. The molecule has 2 nitrogen and oxygen atoms in total. The minimum atomic E-state index is -0.198. The summed E-state index contributed by atoms with van der Waals surface area (Å²) in [4.78, 5) is 0. The first kappa shape index (κ1) is 12.4. The molecule has 1 aliphatic heterocycles. The third-order valence-corrected chi connectivity index (χ3v) is 2.39. The first-order valence-electron chi connectivity index (χ1n) is 4.91. The van der Waals surface area contributed by atoms with Gasteiger partial charge in [-0.2, -0.15) is 0 Å². The first-order valence-corrected chi connectivity index (χ1v) is 4.91. The fraction of sp³-hybridized carbons (Fsp3) is 0.455. The Morgan fingerprint density at radius 3 is 3.00 bits per heavy atom. The van der Waals surface area contributed by atoms with Crippen LogP contribution in [0.5, 0.6) is 0 Å². The second kappa shape index (κ2) is 6.05. The standard InChI is InChI=1S/C11H14FNO.ClH/c12-10-3-1-2-9(6-10)8-14-11-4-5-13-7-11;/h1-3,6,11,13H,4-5,7-8H2;1H/t11-;/m1./s1. The SMILES string of the molecule is Cl.Fc1cccc(CO[C@@H]2CCNC2)c1. The van der Waals surface area contributed by atoms with Gasteiger partial charge in [-0.05, 0) is 30.7 Å². The first-order chi connectivity index (χ1) is 6.84. The van der Waals surface area contributed by atoms with Crippen molar-refractivity contribution < 1.29 is 9.13 Å². The van der Waals surface area contributed by atoms with E-state index in [0.717, 1.165) is 25.1 Å².